The maximum atomic E-state index is 12.9. The van der Waals surface area contributed by atoms with Crippen LogP contribution in [0.5, 0.6) is 0 Å². The number of hydrogen-bond donors (Lipinski definition) is 2. The van der Waals surface area contributed by atoms with Gasteiger partial charge in [-0.3, -0.25) is 14.6 Å². The van der Waals surface area contributed by atoms with Gasteiger partial charge in [0, 0.05) is 12.4 Å². The molecule has 2 N–H and O–H groups in total. The van der Waals surface area contributed by atoms with Crippen LogP contribution in [0.4, 0.5) is 18.9 Å². The van der Waals surface area contributed by atoms with E-state index in [0.29, 0.717) is 36.4 Å². The average Bonchev–Trinajstić information content (AvgIpc) is 3.34. The van der Waals surface area contributed by atoms with E-state index in [2.05, 4.69) is 30.7 Å². The maximum absolute atomic E-state index is 12.9. The standard InChI is InChI=1S/C20H17ClF3N7O2/c1-11(29-17(32)12-6-13(8-25-7-12)20(22,23)24)16-27-10-28-31(16)15-3-2-14(9-26-15)30-18(33)19(21)4-5-19/h2-3,6-11H,4-5H2,1H3,(H,29,32)(H,30,33)/t11-/m0/s1. The molecule has 2 amide bonds. The van der Waals surface area contributed by atoms with Crippen molar-refractivity contribution < 1.29 is 22.8 Å². The number of amides is 2. The van der Waals surface area contributed by atoms with E-state index in [1.807, 2.05) is 0 Å². The highest BCUT2D eigenvalue weighted by molar-refractivity contribution is 6.38. The van der Waals surface area contributed by atoms with E-state index in [0.717, 1.165) is 12.3 Å². The molecule has 1 aliphatic rings. The van der Waals surface area contributed by atoms with Gasteiger partial charge >= 0.3 is 6.18 Å². The number of anilines is 1. The van der Waals surface area contributed by atoms with E-state index in [1.165, 1.54) is 17.2 Å². The van der Waals surface area contributed by atoms with Crippen LogP contribution < -0.4 is 10.6 Å². The molecule has 172 valence electrons. The van der Waals surface area contributed by atoms with Crippen molar-refractivity contribution in [3.8, 4) is 5.82 Å². The Kier molecular flexibility index (Phi) is 5.78. The fourth-order valence-corrected chi connectivity index (χ4v) is 3.09. The number of pyridine rings is 2. The van der Waals surface area contributed by atoms with Crippen LogP contribution in [-0.4, -0.2) is 41.4 Å². The lowest BCUT2D eigenvalue weighted by Crippen LogP contribution is -2.29. The summed E-state index contributed by atoms with van der Waals surface area (Å²) in [6.45, 7) is 1.60. The minimum absolute atomic E-state index is 0.242. The van der Waals surface area contributed by atoms with Gasteiger partial charge < -0.3 is 10.6 Å². The van der Waals surface area contributed by atoms with Crippen molar-refractivity contribution in [2.24, 2.45) is 0 Å². The zero-order valence-electron chi connectivity index (χ0n) is 17.1. The van der Waals surface area contributed by atoms with Gasteiger partial charge in [-0.25, -0.2) is 9.97 Å². The minimum Gasteiger partial charge on any atom is -0.342 e. The molecule has 3 aromatic rings. The topological polar surface area (TPSA) is 115 Å². The van der Waals surface area contributed by atoms with Crippen LogP contribution in [0.15, 0.2) is 43.1 Å². The van der Waals surface area contributed by atoms with Gasteiger partial charge in [0.25, 0.3) is 5.91 Å². The molecule has 3 aromatic heterocycles. The molecule has 0 aliphatic heterocycles. The number of rotatable bonds is 6. The SMILES string of the molecule is C[C@H](NC(=O)c1cncc(C(F)(F)F)c1)c1ncnn1-c1ccc(NC(=O)C2(Cl)CC2)cn1. The molecule has 33 heavy (non-hydrogen) atoms. The maximum Gasteiger partial charge on any atom is 0.417 e. The molecule has 0 saturated heterocycles. The average molecular weight is 480 g/mol. The number of carbonyl (C=O) groups is 2. The van der Waals surface area contributed by atoms with Gasteiger partial charge in [0.15, 0.2) is 11.6 Å². The lowest BCUT2D eigenvalue weighted by Gasteiger charge is -2.15. The number of alkyl halides is 4. The number of aromatic nitrogens is 5. The predicted molar refractivity (Wildman–Crippen MR) is 111 cm³/mol. The zero-order chi connectivity index (χ0) is 23.8. The number of halogens is 4. The minimum atomic E-state index is -4.62. The van der Waals surface area contributed by atoms with Crippen molar-refractivity contribution in [3.05, 3.63) is 60.1 Å². The molecule has 0 radical (unpaired) electrons. The second kappa shape index (κ2) is 8.43. The summed E-state index contributed by atoms with van der Waals surface area (Å²) in [7, 11) is 0. The van der Waals surface area contributed by atoms with Crippen LogP contribution in [0.1, 0.15) is 47.6 Å². The molecule has 9 nitrogen and oxygen atoms in total. The molecule has 1 fully saturated rings. The Balaban J connectivity index is 1.47. The highest BCUT2D eigenvalue weighted by Crippen LogP contribution is 2.43. The Morgan fingerprint density at radius 3 is 2.58 bits per heavy atom. The summed E-state index contributed by atoms with van der Waals surface area (Å²) in [5, 5.41) is 9.37. The summed E-state index contributed by atoms with van der Waals surface area (Å²) in [4.78, 5) is 35.5. The highest BCUT2D eigenvalue weighted by atomic mass is 35.5. The largest absolute Gasteiger partial charge is 0.417 e. The Morgan fingerprint density at radius 2 is 1.94 bits per heavy atom. The first-order valence-corrected chi connectivity index (χ1v) is 10.1. The fraction of sp³-hybridized carbons (Fsp3) is 0.300. The number of hydrogen-bond acceptors (Lipinski definition) is 6. The smallest absolute Gasteiger partial charge is 0.342 e. The fourth-order valence-electron chi connectivity index (χ4n) is 2.95. The molecule has 0 unspecified atom stereocenters. The summed E-state index contributed by atoms with van der Waals surface area (Å²) >= 11 is 6.08. The van der Waals surface area contributed by atoms with Crippen LogP contribution in [0.25, 0.3) is 5.82 Å². The number of nitrogens with one attached hydrogen (secondary N) is 2. The van der Waals surface area contributed by atoms with E-state index in [4.69, 9.17) is 11.6 Å². The van der Waals surface area contributed by atoms with Crippen molar-refractivity contribution in [2.75, 3.05) is 5.32 Å². The Labute approximate surface area is 190 Å². The molecular formula is C20H17ClF3N7O2. The third-order valence-electron chi connectivity index (χ3n) is 4.96. The Hall–Kier alpha value is -3.54. The quantitative estimate of drug-likeness (QED) is 0.524. The monoisotopic (exact) mass is 479 g/mol. The van der Waals surface area contributed by atoms with E-state index in [-0.39, 0.29) is 11.5 Å². The van der Waals surface area contributed by atoms with E-state index in [1.54, 1.807) is 19.1 Å². The Bertz CT molecular complexity index is 1190. The molecular weight excluding hydrogens is 463 g/mol. The van der Waals surface area contributed by atoms with Gasteiger partial charge in [-0.2, -0.15) is 23.0 Å². The van der Waals surface area contributed by atoms with E-state index < -0.39 is 28.6 Å². The summed E-state index contributed by atoms with van der Waals surface area (Å²) in [5.41, 5.74) is -0.812. The molecule has 0 spiro atoms. The van der Waals surface area contributed by atoms with Gasteiger partial charge in [0.1, 0.15) is 11.2 Å². The number of carbonyl (C=O) groups excluding carboxylic acids is 2. The van der Waals surface area contributed by atoms with Gasteiger partial charge in [-0.1, -0.05) is 0 Å². The molecule has 0 aromatic carbocycles. The van der Waals surface area contributed by atoms with Crippen molar-refractivity contribution in [2.45, 2.75) is 36.9 Å². The molecule has 1 aliphatic carbocycles. The van der Waals surface area contributed by atoms with Crippen LogP contribution in [0, 0.1) is 0 Å². The summed E-state index contributed by atoms with van der Waals surface area (Å²) in [6.07, 6.45) is 0.998. The second-order valence-corrected chi connectivity index (χ2v) is 8.23. The predicted octanol–water partition coefficient (Wildman–Crippen LogP) is 3.28. The first-order chi connectivity index (χ1) is 15.6. The van der Waals surface area contributed by atoms with Gasteiger partial charge in [-0.15, -0.1) is 11.6 Å². The molecule has 0 bridgehead atoms. The van der Waals surface area contributed by atoms with Gasteiger partial charge in [0.2, 0.25) is 5.91 Å². The lowest BCUT2D eigenvalue weighted by molar-refractivity contribution is -0.137. The van der Waals surface area contributed by atoms with E-state index >= 15 is 0 Å². The first-order valence-electron chi connectivity index (χ1n) is 9.77. The zero-order valence-corrected chi connectivity index (χ0v) is 17.9. The third-order valence-corrected chi connectivity index (χ3v) is 5.51. The van der Waals surface area contributed by atoms with Crippen LogP contribution in [-0.2, 0) is 11.0 Å². The second-order valence-electron chi connectivity index (χ2n) is 7.51. The van der Waals surface area contributed by atoms with Gasteiger partial charge in [-0.05, 0) is 38.0 Å². The Morgan fingerprint density at radius 1 is 1.18 bits per heavy atom. The lowest BCUT2D eigenvalue weighted by atomic mass is 10.2. The summed E-state index contributed by atoms with van der Waals surface area (Å²) in [6, 6.07) is 3.21. The number of nitrogens with zero attached hydrogens (tertiary/aromatic N) is 5. The highest BCUT2D eigenvalue weighted by Gasteiger charge is 2.48. The van der Waals surface area contributed by atoms with Crippen molar-refractivity contribution in [3.63, 3.8) is 0 Å². The first kappa shape index (κ1) is 22.6. The molecule has 1 atom stereocenters. The van der Waals surface area contributed by atoms with Crippen LogP contribution in [0.2, 0.25) is 0 Å². The summed E-state index contributed by atoms with van der Waals surface area (Å²) in [5.74, 6) is -0.392. The van der Waals surface area contributed by atoms with Crippen molar-refractivity contribution in [1.82, 2.24) is 30.0 Å². The summed E-state index contributed by atoms with van der Waals surface area (Å²) < 4.78 is 40.0. The van der Waals surface area contributed by atoms with Gasteiger partial charge in [0.05, 0.1) is 29.1 Å². The molecule has 4 rings (SSSR count). The van der Waals surface area contributed by atoms with E-state index in [9.17, 15) is 22.8 Å². The van der Waals surface area contributed by atoms with Crippen LogP contribution in [0.3, 0.4) is 0 Å². The molecule has 13 heteroatoms. The van der Waals surface area contributed by atoms with Crippen molar-refractivity contribution in [1.29, 1.82) is 0 Å². The molecule has 3 heterocycles. The normalized spacial score (nSPS) is 15.5. The van der Waals surface area contributed by atoms with Crippen molar-refractivity contribution >= 4 is 29.1 Å². The third kappa shape index (κ3) is 4.95. The van der Waals surface area contributed by atoms with Crippen LogP contribution >= 0.6 is 11.6 Å². The molecule has 1 saturated carbocycles.